The predicted octanol–water partition coefficient (Wildman–Crippen LogP) is 6.14. The molecule has 4 aliphatic rings. The Labute approximate surface area is 217 Å². The third kappa shape index (κ3) is 4.63. The van der Waals surface area contributed by atoms with Crippen LogP contribution in [0.5, 0.6) is 5.75 Å². The minimum atomic E-state index is 0.0522. The van der Waals surface area contributed by atoms with Crippen LogP contribution in [0.3, 0.4) is 0 Å². The molecule has 4 fully saturated rings. The summed E-state index contributed by atoms with van der Waals surface area (Å²) < 4.78 is 9.21. The van der Waals surface area contributed by atoms with Crippen LogP contribution in [0, 0.1) is 11.8 Å². The van der Waals surface area contributed by atoms with Crippen molar-refractivity contribution in [3.63, 3.8) is 0 Å². The summed E-state index contributed by atoms with van der Waals surface area (Å²) >= 11 is 1.64. The molecule has 3 aromatic rings. The Bertz CT molecular complexity index is 1310. The molecule has 4 heterocycles. The molecular weight excluding hydrogens is 466 g/mol. The summed E-state index contributed by atoms with van der Waals surface area (Å²) in [5, 5.41) is 0. The summed E-state index contributed by atoms with van der Waals surface area (Å²) in [6, 6.07) is 9.82. The Morgan fingerprint density at radius 1 is 0.972 bits per heavy atom. The topological polar surface area (TPSA) is 47.4 Å². The van der Waals surface area contributed by atoms with Crippen LogP contribution in [0.25, 0.3) is 15.9 Å². The van der Waals surface area contributed by atoms with Gasteiger partial charge in [-0.2, -0.15) is 0 Å². The second-order valence-electron chi connectivity index (χ2n) is 11.9. The number of piperidine rings is 1. The van der Waals surface area contributed by atoms with Crippen molar-refractivity contribution < 1.29 is 4.74 Å². The molecule has 0 radical (unpaired) electrons. The molecule has 0 N–H and O–H groups in total. The van der Waals surface area contributed by atoms with Crippen LogP contribution in [0.15, 0.2) is 35.4 Å². The average Bonchev–Trinajstić information content (AvgIpc) is 3.80. The number of thiophene rings is 1. The lowest BCUT2D eigenvalue weighted by Crippen LogP contribution is -2.43. The van der Waals surface area contributed by atoms with E-state index in [1.807, 2.05) is 0 Å². The molecule has 0 amide bonds. The zero-order valence-corrected chi connectivity index (χ0v) is 22.1. The molecule has 1 aromatic carbocycles. The molecule has 2 aromatic heterocycles. The maximum atomic E-state index is 13.5. The number of hydrogen-bond donors (Lipinski definition) is 0. The number of benzene rings is 1. The molecule has 36 heavy (non-hydrogen) atoms. The second kappa shape index (κ2) is 9.29. The molecule has 0 unspecified atom stereocenters. The Hall–Kier alpha value is -2.18. The zero-order valence-electron chi connectivity index (χ0n) is 21.3. The van der Waals surface area contributed by atoms with Gasteiger partial charge in [0.2, 0.25) is 0 Å². The van der Waals surface area contributed by atoms with Crippen LogP contribution >= 0.6 is 11.3 Å². The highest BCUT2D eigenvalue weighted by Crippen LogP contribution is 2.39. The lowest BCUT2D eigenvalue weighted by atomic mass is 10.00. The number of fused-ring (bicyclic) bond motifs is 3. The van der Waals surface area contributed by atoms with Crippen molar-refractivity contribution >= 4 is 21.6 Å². The predicted molar refractivity (Wildman–Crippen MR) is 146 cm³/mol. The minimum absolute atomic E-state index is 0.0522. The number of aryl methyl sites for hydroxylation is 2. The third-order valence-electron chi connectivity index (χ3n) is 9.17. The molecule has 3 atom stereocenters. The number of aromatic nitrogens is 2. The van der Waals surface area contributed by atoms with E-state index in [0.717, 1.165) is 59.2 Å². The minimum Gasteiger partial charge on any atom is -0.490 e. The summed E-state index contributed by atoms with van der Waals surface area (Å²) in [4.78, 5) is 22.0. The van der Waals surface area contributed by atoms with E-state index in [2.05, 4.69) is 41.2 Å². The standard InChI is InChI=1S/C30H37N3O2S/c1-32-22-9-10-23(32)16-25(15-22)35-28-13-11-24(14-21(28)8-6-19-2-3-19)33-18-31-27-17-26(12-7-20-4-5-20)36-29(27)30(33)34/h11,13-14,17-20,22-23,25H,2-10,12,15-16H2,1H3/t22-,23+,25-. The Morgan fingerprint density at radius 2 is 1.69 bits per heavy atom. The van der Waals surface area contributed by atoms with E-state index < -0.39 is 0 Å². The number of ether oxygens (including phenoxy) is 1. The first-order valence-corrected chi connectivity index (χ1v) is 14.9. The van der Waals surface area contributed by atoms with Gasteiger partial charge < -0.3 is 9.64 Å². The highest BCUT2D eigenvalue weighted by Gasteiger charge is 2.39. The van der Waals surface area contributed by atoms with Crippen LogP contribution in [-0.4, -0.2) is 39.7 Å². The van der Waals surface area contributed by atoms with Crippen LogP contribution in [0.4, 0.5) is 0 Å². The molecule has 2 aliphatic heterocycles. The SMILES string of the molecule is CN1[C@@H]2CC[C@H]1C[C@H](Oc1ccc(-n3cnc4cc(CCC5CC5)sc4c3=O)cc1CCC1CC1)C2. The Morgan fingerprint density at radius 3 is 2.42 bits per heavy atom. The van der Waals surface area contributed by atoms with Crippen LogP contribution in [-0.2, 0) is 12.8 Å². The monoisotopic (exact) mass is 503 g/mol. The van der Waals surface area contributed by atoms with E-state index in [4.69, 9.17) is 4.74 Å². The summed E-state index contributed by atoms with van der Waals surface area (Å²) in [7, 11) is 2.28. The van der Waals surface area contributed by atoms with E-state index >= 15 is 0 Å². The molecule has 2 bridgehead atoms. The van der Waals surface area contributed by atoms with Gasteiger partial charge in [-0.15, -0.1) is 11.3 Å². The van der Waals surface area contributed by atoms with Gasteiger partial charge in [-0.25, -0.2) is 4.98 Å². The lowest BCUT2D eigenvalue weighted by Gasteiger charge is -2.36. The van der Waals surface area contributed by atoms with Crippen molar-refractivity contribution in [1.82, 2.24) is 14.5 Å². The van der Waals surface area contributed by atoms with Crippen molar-refractivity contribution in [1.29, 1.82) is 0 Å². The average molecular weight is 504 g/mol. The zero-order chi connectivity index (χ0) is 24.2. The molecular formula is C30H37N3O2S. The maximum absolute atomic E-state index is 13.5. The van der Waals surface area contributed by atoms with Crippen LogP contribution in [0.1, 0.15) is 74.6 Å². The van der Waals surface area contributed by atoms with Crippen molar-refractivity contribution in [3.8, 4) is 11.4 Å². The first kappa shape index (κ1) is 23.0. The van der Waals surface area contributed by atoms with E-state index in [1.54, 1.807) is 22.2 Å². The molecule has 5 nitrogen and oxygen atoms in total. The fourth-order valence-corrected chi connectivity index (χ4v) is 7.51. The van der Waals surface area contributed by atoms with E-state index in [0.29, 0.717) is 18.2 Å². The Kier molecular flexibility index (Phi) is 5.93. The fourth-order valence-electron chi connectivity index (χ4n) is 6.45. The third-order valence-corrected chi connectivity index (χ3v) is 10.3. The Balaban J connectivity index is 1.16. The highest BCUT2D eigenvalue weighted by molar-refractivity contribution is 7.18. The highest BCUT2D eigenvalue weighted by atomic mass is 32.1. The number of nitrogens with zero attached hydrogens (tertiary/aromatic N) is 3. The number of rotatable bonds is 9. The second-order valence-corrected chi connectivity index (χ2v) is 13.0. The van der Waals surface area contributed by atoms with Gasteiger partial charge in [0.1, 0.15) is 22.9 Å². The molecule has 0 spiro atoms. The van der Waals surface area contributed by atoms with Gasteiger partial charge in [0.05, 0.1) is 11.2 Å². The van der Waals surface area contributed by atoms with E-state index in [-0.39, 0.29) is 5.56 Å². The smallest absolute Gasteiger partial charge is 0.275 e. The lowest BCUT2D eigenvalue weighted by molar-refractivity contribution is 0.0655. The van der Waals surface area contributed by atoms with Gasteiger partial charge in [-0.3, -0.25) is 9.36 Å². The number of hydrogen-bond acceptors (Lipinski definition) is 5. The van der Waals surface area contributed by atoms with E-state index in [1.165, 1.54) is 61.8 Å². The van der Waals surface area contributed by atoms with Crippen LogP contribution < -0.4 is 10.3 Å². The first-order valence-electron chi connectivity index (χ1n) is 14.1. The summed E-state index contributed by atoms with van der Waals surface area (Å²) in [5.41, 5.74) is 3.05. The molecule has 2 saturated heterocycles. The van der Waals surface area contributed by atoms with Gasteiger partial charge in [0, 0.05) is 17.0 Å². The summed E-state index contributed by atoms with van der Waals surface area (Å²) in [6.07, 6.45) is 16.9. The van der Waals surface area contributed by atoms with Gasteiger partial charge in [-0.1, -0.05) is 25.7 Å². The molecule has 6 heteroatoms. The first-order chi connectivity index (χ1) is 17.6. The largest absolute Gasteiger partial charge is 0.490 e. The van der Waals surface area contributed by atoms with Crippen LogP contribution in [0.2, 0.25) is 0 Å². The molecule has 2 aliphatic carbocycles. The normalized spacial score (nSPS) is 26.1. The van der Waals surface area contributed by atoms with Gasteiger partial charge in [0.15, 0.2) is 0 Å². The fraction of sp³-hybridized carbons (Fsp3) is 0.600. The molecule has 190 valence electrons. The van der Waals surface area contributed by atoms with Crippen molar-refractivity contribution in [2.75, 3.05) is 7.05 Å². The van der Waals surface area contributed by atoms with Gasteiger partial charge >= 0.3 is 0 Å². The summed E-state index contributed by atoms with van der Waals surface area (Å²) in [6.45, 7) is 0. The molecule has 7 rings (SSSR count). The summed E-state index contributed by atoms with van der Waals surface area (Å²) in [5.74, 6) is 2.79. The van der Waals surface area contributed by atoms with E-state index in [9.17, 15) is 4.79 Å². The quantitative estimate of drug-likeness (QED) is 0.352. The van der Waals surface area contributed by atoms with Gasteiger partial charge in [-0.05, 0) is 100 Å². The molecule has 2 saturated carbocycles. The van der Waals surface area contributed by atoms with Gasteiger partial charge in [0.25, 0.3) is 5.56 Å². The maximum Gasteiger partial charge on any atom is 0.275 e. The van der Waals surface area contributed by atoms with Crippen molar-refractivity contribution in [3.05, 3.63) is 51.4 Å². The van der Waals surface area contributed by atoms with Crippen molar-refractivity contribution in [2.24, 2.45) is 11.8 Å². The van der Waals surface area contributed by atoms with Crippen molar-refractivity contribution in [2.45, 2.75) is 95.2 Å².